The largest absolute Gasteiger partial charge is 0.356 e. The van der Waals surface area contributed by atoms with Crippen LogP contribution >= 0.6 is 24.0 Å². The monoisotopic (exact) mass is 498 g/mol. The Morgan fingerprint density at radius 1 is 1.19 bits per heavy atom. The number of nitrogens with one attached hydrogen (secondary N) is 2. The topological polar surface area (TPSA) is 91.6 Å². The van der Waals surface area contributed by atoms with E-state index in [9.17, 15) is 8.42 Å². The van der Waals surface area contributed by atoms with Crippen molar-refractivity contribution in [3.8, 4) is 0 Å². The molecule has 1 fully saturated rings. The summed E-state index contributed by atoms with van der Waals surface area (Å²) in [5, 5.41) is 11.0. The van der Waals surface area contributed by atoms with Crippen LogP contribution in [-0.2, 0) is 16.4 Å². The highest BCUT2D eigenvalue weighted by Crippen LogP contribution is 2.03. The molecule has 0 bridgehead atoms. The Bertz CT molecular complexity index is 675. The van der Waals surface area contributed by atoms with Gasteiger partial charge in [0.15, 0.2) is 15.8 Å². The lowest BCUT2D eigenvalue weighted by Crippen LogP contribution is -2.46. The number of halogens is 1. The lowest BCUT2D eigenvalue weighted by molar-refractivity contribution is 0.299. The Balaban J connectivity index is 0.00000338. The van der Waals surface area contributed by atoms with E-state index in [1.165, 1.54) is 5.69 Å². The van der Waals surface area contributed by atoms with Crippen LogP contribution in [0.15, 0.2) is 11.1 Å². The molecule has 1 saturated heterocycles. The van der Waals surface area contributed by atoms with E-state index in [0.29, 0.717) is 13.1 Å². The quantitative estimate of drug-likeness (QED) is 0.245. The fourth-order valence-corrected chi connectivity index (χ4v) is 4.14. The van der Waals surface area contributed by atoms with E-state index >= 15 is 0 Å². The zero-order valence-corrected chi connectivity index (χ0v) is 19.0. The minimum Gasteiger partial charge on any atom is -0.356 e. The second-order valence-corrected chi connectivity index (χ2v) is 8.73. The maximum Gasteiger partial charge on any atom is 0.191 e. The number of hydrogen-bond donors (Lipinski definition) is 2. The number of aryl methyl sites for hydroxylation is 3. The van der Waals surface area contributed by atoms with Gasteiger partial charge in [0, 0.05) is 52.0 Å². The number of rotatable bonds is 7. The molecule has 2 rings (SSSR count). The molecular weight excluding hydrogens is 467 g/mol. The van der Waals surface area contributed by atoms with Crippen molar-refractivity contribution in [1.29, 1.82) is 0 Å². The van der Waals surface area contributed by atoms with E-state index in [0.717, 1.165) is 44.3 Å². The number of aliphatic imine (C=N–C) groups is 1. The van der Waals surface area contributed by atoms with Gasteiger partial charge in [-0.25, -0.2) is 8.42 Å². The van der Waals surface area contributed by atoms with Crippen LogP contribution in [-0.4, -0.2) is 80.3 Å². The third kappa shape index (κ3) is 7.78. The first-order chi connectivity index (χ1) is 11.9. The van der Waals surface area contributed by atoms with Gasteiger partial charge in [0.05, 0.1) is 17.2 Å². The summed E-state index contributed by atoms with van der Waals surface area (Å²) in [6, 6.07) is 2.08. The number of hydrogen-bond acceptors (Lipinski definition) is 5. The molecule has 0 atom stereocenters. The maximum atomic E-state index is 11.4. The summed E-state index contributed by atoms with van der Waals surface area (Å²) in [5.41, 5.74) is 2.23. The van der Waals surface area contributed by atoms with E-state index in [-0.39, 0.29) is 35.5 Å². The summed E-state index contributed by atoms with van der Waals surface area (Å²) in [5.74, 6) is 1.32. The van der Waals surface area contributed by atoms with Gasteiger partial charge in [-0.2, -0.15) is 5.10 Å². The number of aromatic nitrogens is 2. The van der Waals surface area contributed by atoms with Crippen molar-refractivity contribution in [1.82, 2.24) is 25.3 Å². The molecule has 0 amide bonds. The van der Waals surface area contributed by atoms with Crippen LogP contribution in [0.3, 0.4) is 0 Å². The van der Waals surface area contributed by atoms with Crippen molar-refractivity contribution >= 4 is 39.8 Å². The Kier molecular flexibility index (Phi) is 9.86. The Morgan fingerprint density at radius 3 is 2.42 bits per heavy atom. The Hall–Kier alpha value is -0.880. The number of sulfone groups is 1. The molecule has 10 heteroatoms. The Morgan fingerprint density at radius 2 is 1.85 bits per heavy atom. The van der Waals surface area contributed by atoms with Gasteiger partial charge in [-0.15, -0.1) is 24.0 Å². The smallest absolute Gasteiger partial charge is 0.191 e. The van der Waals surface area contributed by atoms with Crippen LogP contribution in [0, 0.1) is 13.8 Å². The van der Waals surface area contributed by atoms with Crippen LogP contribution in [0.4, 0.5) is 0 Å². The van der Waals surface area contributed by atoms with Crippen LogP contribution < -0.4 is 10.6 Å². The maximum absolute atomic E-state index is 11.4. The van der Waals surface area contributed by atoms with E-state index in [4.69, 9.17) is 0 Å². The summed E-state index contributed by atoms with van der Waals surface area (Å²) in [6.45, 7) is 8.59. The summed E-state index contributed by atoms with van der Waals surface area (Å²) in [6.07, 6.45) is 0.965. The van der Waals surface area contributed by atoms with E-state index < -0.39 is 9.84 Å². The van der Waals surface area contributed by atoms with E-state index in [1.807, 2.05) is 11.6 Å². The summed E-state index contributed by atoms with van der Waals surface area (Å²) in [7, 11) is -1.05. The molecule has 1 aromatic rings. The summed E-state index contributed by atoms with van der Waals surface area (Å²) < 4.78 is 24.9. The molecule has 1 aromatic heterocycles. The average Bonchev–Trinajstić information content (AvgIpc) is 2.88. The van der Waals surface area contributed by atoms with Gasteiger partial charge in [-0.05, 0) is 26.3 Å². The first kappa shape index (κ1) is 23.2. The molecule has 0 spiro atoms. The zero-order chi connectivity index (χ0) is 18.3. The first-order valence-electron chi connectivity index (χ1n) is 8.78. The molecule has 0 saturated carbocycles. The van der Waals surface area contributed by atoms with Crippen LogP contribution in [0.2, 0.25) is 0 Å². The average molecular weight is 498 g/mol. The van der Waals surface area contributed by atoms with Crippen LogP contribution in [0.1, 0.15) is 17.8 Å². The van der Waals surface area contributed by atoms with Gasteiger partial charge in [-0.3, -0.25) is 14.6 Å². The highest BCUT2D eigenvalue weighted by atomic mass is 127. The predicted molar refractivity (Wildman–Crippen MR) is 116 cm³/mol. The molecule has 0 aromatic carbocycles. The zero-order valence-electron chi connectivity index (χ0n) is 15.9. The van der Waals surface area contributed by atoms with Crippen LogP contribution in [0.25, 0.3) is 0 Å². The molecule has 1 aliphatic rings. The molecule has 2 N–H and O–H groups in total. The summed E-state index contributed by atoms with van der Waals surface area (Å²) >= 11 is 0. The van der Waals surface area contributed by atoms with Gasteiger partial charge < -0.3 is 10.6 Å². The first-order valence-corrected chi connectivity index (χ1v) is 10.6. The molecule has 2 heterocycles. The van der Waals surface area contributed by atoms with Crippen molar-refractivity contribution in [2.45, 2.75) is 26.8 Å². The Labute approximate surface area is 173 Å². The number of nitrogens with zero attached hydrogens (tertiary/aromatic N) is 4. The van der Waals surface area contributed by atoms with Gasteiger partial charge in [0.1, 0.15) is 0 Å². The van der Waals surface area contributed by atoms with E-state index in [1.54, 1.807) is 7.05 Å². The fraction of sp³-hybridized carbons (Fsp3) is 0.750. The second-order valence-electron chi connectivity index (χ2n) is 6.42. The lowest BCUT2D eigenvalue weighted by atomic mass is 10.4. The third-order valence-electron chi connectivity index (χ3n) is 4.32. The molecule has 0 unspecified atom stereocenters. The number of guanidine groups is 1. The van der Waals surface area contributed by atoms with Crippen molar-refractivity contribution < 1.29 is 8.42 Å². The van der Waals surface area contributed by atoms with Crippen molar-refractivity contribution in [2.24, 2.45) is 4.99 Å². The molecule has 0 aliphatic carbocycles. The fourth-order valence-electron chi connectivity index (χ4n) is 2.86. The lowest BCUT2D eigenvalue weighted by Gasteiger charge is -2.26. The normalized spacial score (nSPS) is 17.6. The van der Waals surface area contributed by atoms with Gasteiger partial charge >= 0.3 is 0 Å². The minimum absolute atomic E-state index is 0. The molecule has 150 valence electrons. The highest BCUT2D eigenvalue weighted by Gasteiger charge is 2.20. The molecule has 26 heavy (non-hydrogen) atoms. The van der Waals surface area contributed by atoms with Gasteiger partial charge in [0.2, 0.25) is 0 Å². The minimum atomic E-state index is -2.81. The molecule has 1 aliphatic heterocycles. The molecule has 8 nitrogen and oxygen atoms in total. The second kappa shape index (κ2) is 11.1. The highest BCUT2D eigenvalue weighted by molar-refractivity contribution is 14.0. The summed E-state index contributed by atoms with van der Waals surface area (Å²) in [4.78, 5) is 6.39. The van der Waals surface area contributed by atoms with Crippen molar-refractivity contribution in [3.63, 3.8) is 0 Å². The predicted octanol–water partition coefficient (Wildman–Crippen LogP) is 0.403. The third-order valence-corrected chi connectivity index (χ3v) is 5.93. The standard InChI is InChI=1S/C16H30N6O2S.HI/c1-14-13-15(2)22(20-14)7-4-5-18-16(17-3)19-6-8-21-9-11-25(23,24)12-10-21;/h13H,4-12H2,1-3H3,(H2,17,18,19);1H. The molecular formula is C16H31IN6O2S. The van der Waals surface area contributed by atoms with Crippen molar-refractivity contribution in [2.75, 3.05) is 51.3 Å². The van der Waals surface area contributed by atoms with Gasteiger partial charge in [-0.1, -0.05) is 0 Å². The van der Waals surface area contributed by atoms with Crippen molar-refractivity contribution in [3.05, 3.63) is 17.5 Å². The SMILES string of the molecule is CN=C(NCCCn1nc(C)cc1C)NCCN1CCS(=O)(=O)CC1.I. The van der Waals surface area contributed by atoms with Gasteiger partial charge in [0.25, 0.3) is 0 Å². The van der Waals surface area contributed by atoms with Crippen LogP contribution in [0.5, 0.6) is 0 Å². The van der Waals surface area contributed by atoms with E-state index in [2.05, 4.69) is 38.6 Å². The molecule has 0 radical (unpaired) electrons.